The van der Waals surface area contributed by atoms with Gasteiger partial charge in [0, 0.05) is 17.6 Å². The SMILES string of the molecule is CC(C)N(C(=O)COC(=O)c1ccccc1-c1nc2ccccc2s1)C(C)C. The Balaban J connectivity index is 1.80. The molecule has 0 unspecified atom stereocenters. The molecule has 28 heavy (non-hydrogen) atoms. The molecule has 1 amide bonds. The van der Waals surface area contributed by atoms with Crippen molar-refractivity contribution in [3.63, 3.8) is 0 Å². The first kappa shape index (κ1) is 20.0. The van der Waals surface area contributed by atoms with Crippen molar-refractivity contribution in [2.75, 3.05) is 6.61 Å². The van der Waals surface area contributed by atoms with Gasteiger partial charge in [0.2, 0.25) is 0 Å². The zero-order chi connectivity index (χ0) is 20.3. The van der Waals surface area contributed by atoms with Crippen LogP contribution in [0.4, 0.5) is 0 Å². The van der Waals surface area contributed by atoms with Crippen molar-refractivity contribution in [1.29, 1.82) is 0 Å². The molecule has 2 aromatic carbocycles. The number of esters is 1. The number of nitrogens with zero attached hydrogens (tertiary/aromatic N) is 2. The van der Waals surface area contributed by atoms with Crippen LogP contribution in [-0.2, 0) is 9.53 Å². The van der Waals surface area contributed by atoms with Crippen LogP contribution in [0.15, 0.2) is 48.5 Å². The molecular formula is C22H24N2O3S. The molecule has 0 N–H and O–H groups in total. The number of fused-ring (bicyclic) bond motifs is 1. The van der Waals surface area contributed by atoms with E-state index < -0.39 is 5.97 Å². The molecule has 0 fully saturated rings. The molecule has 0 saturated heterocycles. The molecule has 0 bridgehead atoms. The van der Waals surface area contributed by atoms with Crippen LogP contribution < -0.4 is 0 Å². The van der Waals surface area contributed by atoms with Gasteiger partial charge in [0.25, 0.3) is 5.91 Å². The Morgan fingerprint density at radius 3 is 2.32 bits per heavy atom. The lowest BCUT2D eigenvalue weighted by Gasteiger charge is -2.30. The number of amides is 1. The summed E-state index contributed by atoms with van der Waals surface area (Å²) in [6.07, 6.45) is 0. The van der Waals surface area contributed by atoms with Crippen LogP contribution in [-0.4, -0.2) is 40.5 Å². The first-order valence-corrected chi connectivity index (χ1v) is 10.1. The molecule has 0 aliphatic carbocycles. The van der Waals surface area contributed by atoms with E-state index in [9.17, 15) is 9.59 Å². The Morgan fingerprint density at radius 2 is 1.64 bits per heavy atom. The molecule has 1 heterocycles. The molecule has 0 aliphatic heterocycles. The van der Waals surface area contributed by atoms with E-state index >= 15 is 0 Å². The maximum Gasteiger partial charge on any atom is 0.339 e. The first-order valence-electron chi connectivity index (χ1n) is 9.31. The van der Waals surface area contributed by atoms with Crippen LogP contribution in [0, 0.1) is 0 Å². The second-order valence-electron chi connectivity index (χ2n) is 7.10. The monoisotopic (exact) mass is 396 g/mol. The quantitative estimate of drug-likeness (QED) is 0.564. The van der Waals surface area contributed by atoms with E-state index in [1.165, 1.54) is 11.3 Å². The maximum absolute atomic E-state index is 12.7. The number of carbonyl (C=O) groups is 2. The van der Waals surface area contributed by atoms with Crippen molar-refractivity contribution in [2.24, 2.45) is 0 Å². The number of rotatable bonds is 6. The number of thiazole rings is 1. The van der Waals surface area contributed by atoms with E-state index in [4.69, 9.17) is 4.74 Å². The van der Waals surface area contributed by atoms with Crippen molar-refractivity contribution >= 4 is 33.4 Å². The minimum atomic E-state index is -0.518. The van der Waals surface area contributed by atoms with E-state index in [2.05, 4.69) is 4.98 Å². The van der Waals surface area contributed by atoms with E-state index in [1.807, 2.05) is 64.1 Å². The van der Waals surface area contributed by atoms with Crippen molar-refractivity contribution in [3.8, 4) is 10.6 Å². The molecule has 1 aromatic heterocycles. The van der Waals surface area contributed by atoms with Gasteiger partial charge < -0.3 is 9.64 Å². The van der Waals surface area contributed by atoms with Gasteiger partial charge in [-0.1, -0.05) is 30.3 Å². The van der Waals surface area contributed by atoms with Gasteiger partial charge in [-0.3, -0.25) is 4.79 Å². The third-order valence-electron chi connectivity index (χ3n) is 4.40. The lowest BCUT2D eigenvalue weighted by molar-refractivity contribution is -0.138. The highest BCUT2D eigenvalue weighted by Gasteiger charge is 2.23. The van der Waals surface area contributed by atoms with Crippen molar-refractivity contribution in [1.82, 2.24) is 9.88 Å². The molecule has 3 rings (SSSR count). The summed E-state index contributed by atoms with van der Waals surface area (Å²) >= 11 is 1.52. The predicted octanol–water partition coefficient (Wildman–Crippen LogP) is 4.77. The van der Waals surface area contributed by atoms with Crippen LogP contribution in [0.5, 0.6) is 0 Å². The summed E-state index contributed by atoms with van der Waals surface area (Å²) in [5, 5.41) is 0.756. The summed E-state index contributed by atoms with van der Waals surface area (Å²) in [4.78, 5) is 31.5. The first-order chi connectivity index (χ1) is 13.4. The van der Waals surface area contributed by atoms with Gasteiger partial charge >= 0.3 is 5.97 Å². The summed E-state index contributed by atoms with van der Waals surface area (Å²) in [5.74, 6) is -0.716. The fourth-order valence-electron chi connectivity index (χ4n) is 3.29. The highest BCUT2D eigenvalue weighted by molar-refractivity contribution is 7.21. The minimum Gasteiger partial charge on any atom is -0.452 e. The van der Waals surface area contributed by atoms with Crippen LogP contribution >= 0.6 is 11.3 Å². The Hall–Kier alpha value is -2.73. The molecule has 0 spiro atoms. The molecule has 6 heteroatoms. The fourth-order valence-corrected chi connectivity index (χ4v) is 4.29. The normalized spacial score (nSPS) is 11.2. The fraction of sp³-hybridized carbons (Fsp3) is 0.318. The van der Waals surface area contributed by atoms with Gasteiger partial charge in [-0.2, -0.15) is 0 Å². The molecule has 5 nitrogen and oxygen atoms in total. The van der Waals surface area contributed by atoms with Crippen molar-refractivity contribution < 1.29 is 14.3 Å². The van der Waals surface area contributed by atoms with Crippen LogP contribution in [0.25, 0.3) is 20.8 Å². The average Bonchev–Trinajstić information content (AvgIpc) is 3.09. The van der Waals surface area contributed by atoms with Gasteiger partial charge in [-0.15, -0.1) is 11.3 Å². The van der Waals surface area contributed by atoms with E-state index in [-0.39, 0.29) is 24.6 Å². The summed E-state index contributed by atoms with van der Waals surface area (Å²) in [7, 11) is 0. The molecule has 0 radical (unpaired) electrons. The zero-order valence-corrected chi connectivity index (χ0v) is 17.3. The number of carbonyl (C=O) groups excluding carboxylic acids is 2. The maximum atomic E-state index is 12.7. The Kier molecular flexibility index (Phi) is 6.09. The van der Waals surface area contributed by atoms with E-state index in [0.29, 0.717) is 11.1 Å². The van der Waals surface area contributed by atoms with Gasteiger partial charge in [0.15, 0.2) is 6.61 Å². The van der Waals surface area contributed by atoms with Gasteiger partial charge in [-0.05, 0) is 45.9 Å². The van der Waals surface area contributed by atoms with Gasteiger partial charge in [0.05, 0.1) is 15.8 Å². The number of hydrogen-bond acceptors (Lipinski definition) is 5. The number of hydrogen-bond donors (Lipinski definition) is 0. The number of para-hydroxylation sites is 1. The third-order valence-corrected chi connectivity index (χ3v) is 5.47. The summed E-state index contributed by atoms with van der Waals surface area (Å²) < 4.78 is 6.41. The lowest BCUT2D eigenvalue weighted by atomic mass is 10.1. The van der Waals surface area contributed by atoms with E-state index in [0.717, 1.165) is 15.2 Å². The standard InChI is InChI=1S/C22H24N2O3S/c1-14(2)24(15(3)4)20(25)13-27-22(26)17-10-6-5-9-16(17)21-23-18-11-7-8-12-19(18)28-21/h5-12,14-15H,13H2,1-4H3. The number of aromatic nitrogens is 1. The third kappa shape index (κ3) is 4.22. The van der Waals surface area contributed by atoms with E-state index in [1.54, 1.807) is 17.0 Å². The van der Waals surface area contributed by atoms with Gasteiger partial charge in [-0.25, -0.2) is 9.78 Å². The highest BCUT2D eigenvalue weighted by Crippen LogP contribution is 2.32. The smallest absolute Gasteiger partial charge is 0.339 e. The van der Waals surface area contributed by atoms with Crippen LogP contribution in [0.3, 0.4) is 0 Å². The Labute approximate surface area is 169 Å². The molecule has 0 saturated carbocycles. The Morgan fingerprint density at radius 1 is 1.00 bits per heavy atom. The second-order valence-corrected chi connectivity index (χ2v) is 8.13. The molecule has 0 atom stereocenters. The largest absolute Gasteiger partial charge is 0.452 e. The highest BCUT2D eigenvalue weighted by atomic mass is 32.1. The number of benzene rings is 2. The minimum absolute atomic E-state index is 0.0428. The van der Waals surface area contributed by atoms with Crippen LogP contribution in [0.1, 0.15) is 38.1 Å². The Bertz CT molecular complexity index is 953. The zero-order valence-electron chi connectivity index (χ0n) is 16.5. The van der Waals surface area contributed by atoms with Gasteiger partial charge in [0.1, 0.15) is 5.01 Å². The topological polar surface area (TPSA) is 59.5 Å². The molecule has 146 valence electrons. The number of ether oxygens (including phenoxy) is 1. The predicted molar refractivity (Wildman–Crippen MR) is 112 cm³/mol. The summed E-state index contributed by atoms with van der Waals surface area (Å²) in [6.45, 7) is 7.51. The second kappa shape index (κ2) is 8.52. The van der Waals surface area contributed by atoms with Crippen LogP contribution in [0.2, 0.25) is 0 Å². The molecule has 0 aliphatic rings. The van der Waals surface area contributed by atoms with Crippen molar-refractivity contribution in [3.05, 3.63) is 54.1 Å². The summed E-state index contributed by atoms with van der Waals surface area (Å²) in [6, 6.07) is 15.1. The lowest BCUT2D eigenvalue weighted by Crippen LogP contribution is -2.44. The average molecular weight is 397 g/mol. The van der Waals surface area contributed by atoms with Crippen molar-refractivity contribution in [2.45, 2.75) is 39.8 Å². The summed E-state index contributed by atoms with van der Waals surface area (Å²) in [5.41, 5.74) is 2.02. The molecular weight excluding hydrogens is 372 g/mol. The molecule has 3 aromatic rings.